The lowest BCUT2D eigenvalue weighted by molar-refractivity contribution is 0.0817. The summed E-state index contributed by atoms with van der Waals surface area (Å²) in [5.74, 6) is 0. The second-order valence-electron chi connectivity index (χ2n) is 10.4. The molecule has 2 N–H and O–H groups in total. The minimum Gasteiger partial charge on any atom is -0.417 e. The lowest BCUT2D eigenvalue weighted by Crippen LogP contribution is -2.41. The number of aliphatic hydroxyl groups is 2. The SMILES string of the molecule is CC(C)(C)[Si](C)(C)OCCCCCN1CCC2(CCN(C(CO)CO)C2)C1. The maximum Gasteiger partial charge on any atom is 0.191 e. The zero-order valence-electron chi connectivity index (χ0n) is 18.5. The Morgan fingerprint density at radius 1 is 1.00 bits per heavy atom. The van der Waals surface area contributed by atoms with E-state index in [-0.39, 0.29) is 19.3 Å². The molecule has 2 aliphatic rings. The predicted octanol–water partition coefficient (Wildman–Crippen LogP) is 2.93. The van der Waals surface area contributed by atoms with Crippen LogP contribution in [0.4, 0.5) is 0 Å². The van der Waals surface area contributed by atoms with Crippen molar-refractivity contribution < 1.29 is 14.6 Å². The van der Waals surface area contributed by atoms with E-state index in [9.17, 15) is 10.2 Å². The van der Waals surface area contributed by atoms with Gasteiger partial charge in [0.05, 0.1) is 19.3 Å². The highest BCUT2D eigenvalue weighted by molar-refractivity contribution is 6.74. The number of nitrogens with zero attached hydrogens (tertiary/aromatic N) is 2. The molecule has 2 saturated heterocycles. The van der Waals surface area contributed by atoms with Gasteiger partial charge in [-0.1, -0.05) is 20.8 Å². The van der Waals surface area contributed by atoms with Crippen LogP contribution in [0.25, 0.3) is 0 Å². The van der Waals surface area contributed by atoms with Crippen LogP contribution in [0.1, 0.15) is 52.9 Å². The van der Waals surface area contributed by atoms with Crippen LogP contribution < -0.4 is 0 Å². The molecule has 6 heteroatoms. The van der Waals surface area contributed by atoms with E-state index in [1.807, 2.05) is 0 Å². The molecule has 2 rings (SSSR count). The van der Waals surface area contributed by atoms with Crippen molar-refractivity contribution in [3.63, 3.8) is 0 Å². The number of hydrogen-bond acceptors (Lipinski definition) is 5. The number of aliphatic hydroxyl groups excluding tert-OH is 2. The molecule has 0 aromatic carbocycles. The highest BCUT2D eigenvalue weighted by atomic mass is 28.4. The van der Waals surface area contributed by atoms with Gasteiger partial charge in [-0.15, -0.1) is 0 Å². The molecule has 1 atom stereocenters. The molecule has 0 aromatic heterocycles. The van der Waals surface area contributed by atoms with Gasteiger partial charge in [0.1, 0.15) is 0 Å². The summed E-state index contributed by atoms with van der Waals surface area (Å²) in [6, 6.07) is -0.0701. The number of unbranched alkanes of at least 4 members (excludes halogenated alkanes) is 2. The van der Waals surface area contributed by atoms with Crippen LogP contribution in [0.5, 0.6) is 0 Å². The van der Waals surface area contributed by atoms with Crippen molar-refractivity contribution in [3.8, 4) is 0 Å². The molecule has 0 aliphatic carbocycles. The van der Waals surface area contributed by atoms with Crippen LogP contribution in [0.3, 0.4) is 0 Å². The fraction of sp³-hybridized carbons (Fsp3) is 1.00. The molecular weight excluding hydrogens is 356 g/mol. The molecule has 1 unspecified atom stereocenters. The van der Waals surface area contributed by atoms with Gasteiger partial charge in [-0.05, 0) is 75.3 Å². The van der Waals surface area contributed by atoms with Gasteiger partial charge in [-0.25, -0.2) is 0 Å². The van der Waals surface area contributed by atoms with E-state index < -0.39 is 8.32 Å². The molecule has 160 valence electrons. The Kier molecular flexibility index (Phi) is 8.35. The van der Waals surface area contributed by atoms with Crippen molar-refractivity contribution in [2.45, 2.75) is 77.0 Å². The summed E-state index contributed by atoms with van der Waals surface area (Å²) in [6.07, 6.45) is 6.16. The maximum absolute atomic E-state index is 9.43. The fourth-order valence-electron chi connectivity index (χ4n) is 4.28. The van der Waals surface area contributed by atoms with E-state index in [0.29, 0.717) is 10.5 Å². The molecule has 0 bridgehead atoms. The molecule has 27 heavy (non-hydrogen) atoms. The van der Waals surface area contributed by atoms with Crippen molar-refractivity contribution in [1.82, 2.24) is 9.80 Å². The van der Waals surface area contributed by atoms with E-state index >= 15 is 0 Å². The van der Waals surface area contributed by atoms with Gasteiger partial charge < -0.3 is 19.5 Å². The first kappa shape index (κ1) is 23.3. The van der Waals surface area contributed by atoms with Gasteiger partial charge in [0.25, 0.3) is 0 Å². The Morgan fingerprint density at radius 2 is 1.67 bits per heavy atom. The molecular formula is C21H44N2O3Si. The normalized spacial score (nSPS) is 25.3. The number of hydrogen-bond donors (Lipinski definition) is 2. The third-order valence-electron chi connectivity index (χ3n) is 7.31. The summed E-state index contributed by atoms with van der Waals surface area (Å²) in [5.41, 5.74) is 0.397. The van der Waals surface area contributed by atoms with Crippen LogP contribution in [0.2, 0.25) is 18.1 Å². The molecule has 2 fully saturated rings. The van der Waals surface area contributed by atoms with Gasteiger partial charge in [0.15, 0.2) is 8.32 Å². The second-order valence-corrected chi connectivity index (χ2v) is 15.2. The lowest BCUT2D eigenvalue weighted by Gasteiger charge is -2.36. The quantitative estimate of drug-likeness (QED) is 0.436. The molecule has 0 saturated carbocycles. The summed E-state index contributed by atoms with van der Waals surface area (Å²) in [7, 11) is -1.59. The highest BCUT2D eigenvalue weighted by Gasteiger charge is 2.44. The summed E-state index contributed by atoms with van der Waals surface area (Å²) < 4.78 is 6.28. The smallest absolute Gasteiger partial charge is 0.191 e. The minimum atomic E-state index is -1.59. The Labute approximate surface area is 168 Å². The number of likely N-dealkylation sites (tertiary alicyclic amines) is 2. The lowest BCUT2D eigenvalue weighted by atomic mass is 9.86. The van der Waals surface area contributed by atoms with Crippen LogP contribution >= 0.6 is 0 Å². The zero-order chi connectivity index (χ0) is 20.1. The molecule has 5 nitrogen and oxygen atoms in total. The van der Waals surface area contributed by atoms with Crippen molar-refractivity contribution in [2.24, 2.45) is 5.41 Å². The first-order valence-corrected chi connectivity index (χ1v) is 13.9. The van der Waals surface area contributed by atoms with Gasteiger partial charge >= 0.3 is 0 Å². The summed E-state index contributed by atoms with van der Waals surface area (Å²) in [4.78, 5) is 4.92. The first-order valence-electron chi connectivity index (χ1n) is 10.9. The van der Waals surface area contributed by atoms with Crippen molar-refractivity contribution in [3.05, 3.63) is 0 Å². The molecule has 0 amide bonds. The number of rotatable bonds is 10. The summed E-state index contributed by atoms with van der Waals surface area (Å²) in [5, 5.41) is 19.2. The van der Waals surface area contributed by atoms with Crippen molar-refractivity contribution >= 4 is 8.32 Å². The van der Waals surface area contributed by atoms with E-state index in [0.717, 1.165) is 19.7 Å². The predicted molar refractivity (Wildman–Crippen MR) is 115 cm³/mol. The third kappa shape index (κ3) is 6.25. The van der Waals surface area contributed by atoms with Crippen molar-refractivity contribution in [1.29, 1.82) is 0 Å². The average Bonchev–Trinajstić information content (AvgIpc) is 3.18. The largest absolute Gasteiger partial charge is 0.417 e. The zero-order valence-corrected chi connectivity index (χ0v) is 19.5. The highest BCUT2D eigenvalue weighted by Crippen LogP contribution is 2.40. The average molecular weight is 401 g/mol. The van der Waals surface area contributed by atoms with Crippen LogP contribution in [-0.4, -0.2) is 86.9 Å². The van der Waals surface area contributed by atoms with E-state index in [4.69, 9.17) is 4.43 Å². The van der Waals surface area contributed by atoms with Gasteiger partial charge in [-0.3, -0.25) is 4.90 Å². The molecule has 1 spiro atoms. The van der Waals surface area contributed by atoms with Crippen LogP contribution in [0, 0.1) is 5.41 Å². The van der Waals surface area contributed by atoms with E-state index in [2.05, 4.69) is 43.7 Å². The topological polar surface area (TPSA) is 56.2 Å². The molecule has 0 aromatic rings. The van der Waals surface area contributed by atoms with Crippen molar-refractivity contribution in [2.75, 3.05) is 52.5 Å². The fourth-order valence-corrected chi connectivity index (χ4v) is 5.37. The molecule has 0 radical (unpaired) electrons. The Bertz CT molecular complexity index is 451. The Balaban J connectivity index is 1.61. The monoisotopic (exact) mass is 400 g/mol. The van der Waals surface area contributed by atoms with Gasteiger partial charge in [-0.2, -0.15) is 0 Å². The Hall–Kier alpha value is 0.0169. The summed E-state index contributed by atoms with van der Waals surface area (Å²) >= 11 is 0. The molecule has 2 aliphatic heterocycles. The van der Waals surface area contributed by atoms with Gasteiger partial charge in [0.2, 0.25) is 0 Å². The maximum atomic E-state index is 9.43. The Morgan fingerprint density at radius 3 is 2.30 bits per heavy atom. The van der Waals surface area contributed by atoms with Crippen LogP contribution in [0.15, 0.2) is 0 Å². The van der Waals surface area contributed by atoms with Gasteiger partial charge in [0, 0.05) is 19.7 Å². The summed E-state index contributed by atoms with van der Waals surface area (Å²) in [6.45, 7) is 18.3. The molecule has 2 heterocycles. The van der Waals surface area contributed by atoms with E-state index in [1.165, 1.54) is 51.7 Å². The van der Waals surface area contributed by atoms with Crippen LogP contribution in [-0.2, 0) is 4.43 Å². The van der Waals surface area contributed by atoms with E-state index in [1.54, 1.807) is 0 Å². The minimum absolute atomic E-state index is 0.0627. The standard InChI is InChI=1S/C21H44N2O3Si/c1-20(2,3)27(4,5)26-14-8-6-7-11-22-12-9-21(17-22)10-13-23(18-21)19(15-24)16-25/h19,24-25H,6-18H2,1-5H3. The third-order valence-corrected chi connectivity index (χ3v) is 11.8. The second kappa shape index (κ2) is 9.68. The first-order chi connectivity index (χ1) is 12.6.